The molecule has 0 bridgehead atoms. The van der Waals surface area contributed by atoms with E-state index in [4.69, 9.17) is 5.73 Å². The summed E-state index contributed by atoms with van der Waals surface area (Å²) >= 11 is 0. The Morgan fingerprint density at radius 1 is 1.40 bits per heavy atom. The molecule has 3 heteroatoms. The molecule has 0 saturated heterocycles. The van der Waals surface area contributed by atoms with Crippen LogP contribution < -0.4 is 5.73 Å². The molecule has 2 N–H and O–H groups in total. The van der Waals surface area contributed by atoms with Gasteiger partial charge in [-0.15, -0.1) is 0 Å². The van der Waals surface area contributed by atoms with Crippen LogP contribution in [0.2, 0.25) is 0 Å². The van der Waals surface area contributed by atoms with Crippen LogP contribution >= 0.6 is 0 Å². The van der Waals surface area contributed by atoms with Gasteiger partial charge in [-0.05, 0) is 43.0 Å². The van der Waals surface area contributed by atoms with Gasteiger partial charge in [0, 0.05) is 17.2 Å². The van der Waals surface area contributed by atoms with E-state index in [0.29, 0.717) is 5.56 Å². The van der Waals surface area contributed by atoms with E-state index in [9.17, 15) is 4.79 Å². The second-order valence-corrected chi connectivity index (χ2v) is 4.39. The zero-order valence-corrected chi connectivity index (χ0v) is 8.36. The number of amides is 1. The Balaban J connectivity index is 2.17. The summed E-state index contributed by atoms with van der Waals surface area (Å²) in [5.74, 6) is -0.358. The van der Waals surface area contributed by atoms with E-state index in [1.54, 1.807) is 6.07 Å². The van der Waals surface area contributed by atoms with Crippen LogP contribution in [0.5, 0.6) is 0 Å². The van der Waals surface area contributed by atoms with Crippen molar-refractivity contribution < 1.29 is 4.79 Å². The summed E-state index contributed by atoms with van der Waals surface area (Å²) in [6, 6.07) is 5.56. The average Bonchev–Trinajstić information content (AvgIpc) is 2.99. The highest BCUT2D eigenvalue weighted by molar-refractivity contribution is 5.94. The van der Waals surface area contributed by atoms with E-state index >= 15 is 0 Å². The van der Waals surface area contributed by atoms with Crippen molar-refractivity contribution in [3.05, 3.63) is 29.3 Å². The molecule has 1 heterocycles. The summed E-state index contributed by atoms with van der Waals surface area (Å²) in [5, 5.41) is 0. The van der Waals surface area contributed by atoms with Crippen molar-refractivity contribution in [1.82, 2.24) is 0 Å². The van der Waals surface area contributed by atoms with Gasteiger partial charge in [0.2, 0.25) is 5.91 Å². The van der Waals surface area contributed by atoms with E-state index in [0.717, 1.165) is 12.1 Å². The largest absolute Gasteiger partial charge is 0.366 e. The van der Waals surface area contributed by atoms with E-state index in [1.165, 1.54) is 18.4 Å². The molecular formula is C12H12N2O. The first-order chi connectivity index (χ1) is 7.21. The molecule has 1 spiro atoms. The lowest BCUT2D eigenvalue weighted by molar-refractivity contribution is 0.1000. The summed E-state index contributed by atoms with van der Waals surface area (Å²) in [4.78, 5) is 15.5. The number of hydrogen-bond acceptors (Lipinski definition) is 2. The van der Waals surface area contributed by atoms with E-state index in [2.05, 4.69) is 4.99 Å². The van der Waals surface area contributed by atoms with Crippen LogP contribution in [-0.2, 0) is 5.41 Å². The molecule has 0 unspecified atom stereocenters. The minimum Gasteiger partial charge on any atom is -0.366 e. The number of rotatable bonds is 1. The van der Waals surface area contributed by atoms with Gasteiger partial charge in [-0.2, -0.15) is 0 Å². The lowest BCUT2D eigenvalue weighted by atomic mass is 9.88. The number of carbonyl (C=O) groups is 1. The molecule has 1 aromatic carbocycles. The van der Waals surface area contributed by atoms with E-state index < -0.39 is 0 Å². The Labute approximate surface area is 88.0 Å². The van der Waals surface area contributed by atoms with Gasteiger partial charge in [-0.1, -0.05) is 0 Å². The maximum absolute atomic E-state index is 11.1. The molecule has 1 aliphatic carbocycles. The predicted molar refractivity (Wildman–Crippen MR) is 58.6 cm³/mol. The lowest BCUT2D eigenvalue weighted by Gasteiger charge is -2.20. The van der Waals surface area contributed by atoms with Crippen molar-refractivity contribution in [2.75, 3.05) is 0 Å². The fourth-order valence-electron chi connectivity index (χ4n) is 2.28. The molecule has 0 radical (unpaired) electrons. The topological polar surface area (TPSA) is 55.5 Å². The molecule has 1 saturated carbocycles. The van der Waals surface area contributed by atoms with Crippen molar-refractivity contribution >= 4 is 17.8 Å². The standard InChI is InChI=1S/C12H12N2O/c13-11(15)8-1-2-10-9(7-8)12(3-4-12)5-6-14-10/h1-2,6-7H,3-5H2,(H2,13,15). The molecule has 3 nitrogen and oxygen atoms in total. The molecule has 15 heavy (non-hydrogen) atoms. The fraction of sp³-hybridized carbons (Fsp3) is 0.333. The number of nitrogens with two attached hydrogens (primary N) is 1. The number of aliphatic imine (C=N–C) groups is 1. The number of carbonyl (C=O) groups excluding carboxylic acids is 1. The van der Waals surface area contributed by atoms with Crippen molar-refractivity contribution in [2.45, 2.75) is 24.7 Å². The van der Waals surface area contributed by atoms with Crippen molar-refractivity contribution in [2.24, 2.45) is 10.7 Å². The summed E-state index contributed by atoms with van der Waals surface area (Å²) < 4.78 is 0. The van der Waals surface area contributed by atoms with Gasteiger partial charge in [0.25, 0.3) is 0 Å². The number of fused-ring (bicyclic) bond motifs is 2. The van der Waals surface area contributed by atoms with Crippen LogP contribution in [0.25, 0.3) is 0 Å². The second kappa shape index (κ2) is 2.69. The van der Waals surface area contributed by atoms with Gasteiger partial charge in [0.15, 0.2) is 0 Å². The van der Waals surface area contributed by atoms with Gasteiger partial charge in [-0.25, -0.2) is 0 Å². The van der Waals surface area contributed by atoms with Crippen molar-refractivity contribution in [3.8, 4) is 0 Å². The Bertz CT molecular complexity index is 473. The molecule has 3 rings (SSSR count). The van der Waals surface area contributed by atoms with Gasteiger partial charge >= 0.3 is 0 Å². The molecule has 0 aromatic heterocycles. The summed E-state index contributed by atoms with van der Waals surface area (Å²) in [6.07, 6.45) is 5.39. The van der Waals surface area contributed by atoms with Gasteiger partial charge in [0.1, 0.15) is 0 Å². The first-order valence-electron chi connectivity index (χ1n) is 5.18. The van der Waals surface area contributed by atoms with Crippen molar-refractivity contribution in [1.29, 1.82) is 0 Å². The van der Waals surface area contributed by atoms with Crippen molar-refractivity contribution in [3.63, 3.8) is 0 Å². The highest BCUT2D eigenvalue weighted by Gasteiger charge is 2.46. The Morgan fingerprint density at radius 3 is 2.87 bits per heavy atom. The fourth-order valence-corrected chi connectivity index (χ4v) is 2.28. The highest BCUT2D eigenvalue weighted by Crippen LogP contribution is 2.55. The third-order valence-corrected chi connectivity index (χ3v) is 3.42. The highest BCUT2D eigenvalue weighted by atomic mass is 16.1. The van der Waals surface area contributed by atoms with Crippen LogP contribution in [0.1, 0.15) is 35.2 Å². The molecule has 2 aliphatic rings. The molecule has 1 aromatic rings. The Morgan fingerprint density at radius 2 is 2.20 bits per heavy atom. The molecule has 1 fully saturated rings. The lowest BCUT2D eigenvalue weighted by Crippen LogP contribution is -2.15. The van der Waals surface area contributed by atoms with Gasteiger partial charge in [-0.3, -0.25) is 9.79 Å². The maximum atomic E-state index is 11.1. The van der Waals surface area contributed by atoms with Gasteiger partial charge in [0.05, 0.1) is 5.69 Å². The van der Waals surface area contributed by atoms with Crippen LogP contribution in [0, 0.1) is 0 Å². The quantitative estimate of drug-likeness (QED) is 0.739. The van der Waals surface area contributed by atoms with Crippen LogP contribution in [0.4, 0.5) is 5.69 Å². The average molecular weight is 200 g/mol. The molecular weight excluding hydrogens is 188 g/mol. The van der Waals surface area contributed by atoms with Crippen LogP contribution in [0.15, 0.2) is 23.2 Å². The van der Waals surface area contributed by atoms with E-state index in [-0.39, 0.29) is 11.3 Å². The Kier molecular flexibility index (Phi) is 1.55. The monoisotopic (exact) mass is 200 g/mol. The molecule has 0 atom stereocenters. The summed E-state index contributed by atoms with van der Waals surface area (Å²) in [7, 11) is 0. The SMILES string of the molecule is NC(=O)c1ccc2c(c1)C1(CC=N2)CC1. The van der Waals surface area contributed by atoms with Crippen LogP contribution in [-0.4, -0.2) is 12.1 Å². The summed E-state index contributed by atoms with van der Waals surface area (Å²) in [6.45, 7) is 0. The summed E-state index contributed by atoms with van der Waals surface area (Å²) in [5.41, 5.74) is 8.37. The van der Waals surface area contributed by atoms with Gasteiger partial charge < -0.3 is 5.73 Å². The Hall–Kier alpha value is -1.64. The minimum atomic E-state index is -0.358. The number of primary amides is 1. The smallest absolute Gasteiger partial charge is 0.248 e. The van der Waals surface area contributed by atoms with Crippen LogP contribution in [0.3, 0.4) is 0 Å². The molecule has 1 aliphatic heterocycles. The second-order valence-electron chi connectivity index (χ2n) is 4.39. The number of nitrogens with zero attached hydrogens (tertiary/aromatic N) is 1. The third kappa shape index (κ3) is 1.19. The molecule has 1 amide bonds. The zero-order valence-electron chi connectivity index (χ0n) is 8.36. The van der Waals surface area contributed by atoms with E-state index in [1.807, 2.05) is 18.3 Å². The first-order valence-corrected chi connectivity index (χ1v) is 5.18. The zero-order chi connectivity index (χ0) is 10.5. The number of benzene rings is 1. The normalized spacial score (nSPS) is 20.0. The third-order valence-electron chi connectivity index (χ3n) is 3.42. The maximum Gasteiger partial charge on any atom is 0.248 e. The number of hydrogen-bond donors (Lipinski definition) is 1. The predicted octanol–water partition coefficient (Wildman–Crippen LogP) is 1.92. The first kappa shape index (κ1) is 8.65. The molecule has 76 valence electrons. The minimum absolute atomic E-state index is 0.280.